The van der Waals surface area contributed by atoms with Gasteiger partial charge in [-0.25, -0.2) is 5.01 Å². The normalized spacial score (nSPS) is 19.7. The molecule has 0 radical (unpaired) electrons. The zero-order valence-corrected chi connectivity index (χ0v) is 9.29. The van der Waals surface area contributed by atoms with Gasteiger partial charge in [0.15, 0.2) is 11.9 Å². The quantitative estimate of drug-likeness (QED) is 0.164. The summed E-state index contributed by atoms with van der Waals surface area (Å²) >= 11 is 0. The summed E-state index contributed by atoms with van der Waals surface area (Å²) in [6.07, 6.45) is 1.03. The number of hydrazine groups is 1. The van der Waals surface area contributed by atoms with Crippen molar-refractivity contribution in [3.8, 4) is 0 Å². The van der Waals surface area contributed by atoms with Crippen LogP contribution in [0.4, 0.5) is 0 Å². The minimum Gasteiger partial charge on any atom is -0.288 e. The molecule has 0 saturated carbocycles. The predicted octanol–water partition coefficient (Wildman–Crippen LogP) is -3.10. The van der Waals surface area contributed by atoms with Crippen molar-refractivity contribution in [2.45, 2.75) is 18.9 Å². The van der Waals surface area contributed by atoms with Crippen LogP contribution < -0.4 is 11.2 Å². The number of tetrazole rings is 1. The van der Waals surface area contributed by atoms with Crippen LogP contribution in [-0.2, 0) is 20.8 Å². The van der Waals surface area contributed by atoms with Crippen molar-refractivity contribution >= 4 is 17.6 Å². The van der Waals surface area contributed by atoms with Crippen LogP contribution >= 0.6 is 0 Å². The van der Waals surface area contributed by atoms with E-state index in [-0.39, 0.29) is 6.54 Å². The molecule has 2 amide bonds. The molecule has 0 aromatic carbocycles. The summed E-state index contributed by atoms with van der Waals surface area (Å²) in [5.41, 5.74) is 0. The van der Waals surface area contributed by atoms with Crippen molar-refractivity contribution in [3.63, 3.8) is 0 Å². The van der Waals surface area contributed by atoms with E-state index in [9.17, 15) is 14.4 Å². The molecule has 1 aliphatic rings. The molecule has 96 valence electrons. The van der Waals surface area contributed by atoms with Crippen molar-refractivity contribution in [2.75, 3.05) is 6.54 Å². The number of nitrogens with two attached hydrogens (primary N) is 1. The highest BCUT2D eigenvalue weighted by Gasteiger charge is 2.43. The zero-order chi connectivity index (χ0) is 13.1. The Morgan fingerprint density at radius 2 is 2.11 bits per heavy atom. The molecule has 0 bridgehead atoms. The molecule has 2 rings (SSSR count). The van der Waals surface area contributed by atoms with Gasteiger partial charge in [0.05, 0.1) is 0 Å². The molecule has 1 atom stereocenters. The fraction of sp³-hybridized carbons (Fsp3) is 0.500. The Kier molecular flexibility index (Phi) is 3.39. The smallest absolute Gasteiger partial charge is 0.288 e. The average Bonchev–Trinajstić information content (AvgIpc) is 2.89. The molecule has 1 fully saturated rings. The first kappa shape index (κ1) is 12.3. The number of hydrogen-bond acceptors (Lipinski definition) is 8. The van der Waals surface area contributed by atoms with E-state index in [1.165, 1.54) is 0 Å². The highest BCUT2D eigenvalue weighted by Crippen LogP contribution is 2.05. The van der Waals surface area contributed by atoms with Crippen molar-refractivity contribution in [1.29, 1.82) is 0 Å². The standard InChI is InChI=1S/C8H11N7O3/c9-15(3-1-2-4-11-13-14-12-4)5-6(16)8(18)10-7(5)17/h5H,1-3,9H2,(H,10,17,18)(H,11,12,13,14). The van der Waals surface area contributed by atoms with Gasteiger partial charge in [-0.15, -0.1) is 10.2 Å². The Morgan fingerprint density at radius 1 is 1.33 bits per heavy atom. The van der Waals surface area contributed by atoms with Gasteiger partial charge in [0, 0.05) is 13.0 Å². The number of aromatic amines is 1. The number of nitrogens with zero attached hydrogens (tertiary/aromatic N) is 4. The van der Waals surface area contributed by atoms with Gasteiger partial charge < -0.3 is 0 Å². The molecule has 1 saturated heterocycles. The number of hydrogen-bond donors (Lipinski definition) is 3. The third-order valence-corrected chi connectivity index (χ3v) is 2.49. The third-order valence-electron chi connectivity index (χ3n) is 2.49. The minimum absolute atomic E-state index is 0.256. The largest absolute Gasteiger partial charge is 0.296 e. The van der Waals surface area contributed by atoms with Crippen LogP contribution in [0.3, 0.4) is 0 Å². The lowest BCUT2D eigenvalue weighted by Crippen LogP contribution is -2.49. The van der Waals surface area contributed by atoms with E-state index in [1.807, 2.05) is 5.32 Å². The Hall–Kier alpha value is -2.20. The van der Waals surface area contributed by atoms with Crippen molar-refractivity contribution in [3.05, 3.63) is 5.82 Å². The molecule has 1 aromatic heterocycles. The molecular weight excluding hydrogens is 242 g/mol. The second-order valence-corrected chi connectivity index (χ2v) is 3.75. The number of rotatable bonds is 5. The summed E-state index contributed by atoms with van der Waals surface area (Å²) in [4.78, 5) is 33.6. The monoisotopic (exact) mass is 253 g/mol. The van der Waals surface area contributed by atoms with Gasteiger partial charge in [-0.3, -0.25) is 25.5 Å². The molecule has 1 aliphatic heterocycles. The Bertz CT molecular complexity index is 471. The van der Waals surface area contributed by atoms with Crippen LogP contribution in [0.2, 0.25) is 0 Å². The maximum atomic E-state index is 11.4. The van der Waals surface area contributed by atoms with E-state index in [1.54, 1.807) is 0 Å². The summed E-state index contributed by atoms with van der Waals surface area (Å²) in [6.45, 7) is 0.256. The van der Waals surface area contributed by atoms with E-state index in [4.69, 9.17) is 5.84 Å². The topological polar surface area (TPSA) is 147 Å². The number of amides is 2. The molecule has 18 heavy (non-hydrogen) atoms. The highest BCUT2D eigenvalue weighted by atomic mass is 16.2. The van der Waals surface area contributed by atoms with Crippen LogP contribution in [0.25, 0.3) is 0 Å². The van der Waals surface area contributed by atoms with E-state index in [0.717, 1.165) is 5.01 Å². The first-order valence-corrected chi connectivity index (χ1v) is 5.22. The summed E-state index contributed by atoms with van der Waals surface area (Å²) in [5, 5.41) is 16.1. The van der Waals surface area contributed by atoms with Gasteiger partial charge >= 0.3 is 0 Å². The number of carbonyl (C=O) groups excluding carboxylic acids is 3. The van der Waals surface area contributed by atoms with E-state index in [2.05, 4.69) is 20.6 Å². The second-order valence-electron chi connectivity index (χ2n) is 3.75. The van der Waals surface area contributed by atoms with Crippen molar-refractivity contribution in [1.82, 2.24) is 30.9 Å². The first-order chi connectivity index (χ1) is 8.59. The van der Waals surface area contributed by atoms with Gasteiger partial charge in [-0.2, -0.15) is 5.21 Å². The maximum absolute atomic E-state index is 11.4. The van der Waals surface area contributed by atoms with Crippen LogP contribution in [0.15, 0.2) is 0 Å². The number of nitrogens with one attached hydrogen (secondary N) is 2. The van der Waals surface area contributed by atoms with Gasteiger partial charge in [0.2, 0.25) is 5.78 Å². The number of ketones is 1. The van der Waals surface area contributed by atoms with Gasteiger partial charge in [0.1, 0.15) is 0 Å². The first-order valence-electron chi connectivity index (χ1n) is 5.22. The Labute approximate surface area is 101 Å². The van der Waals surface area contributed by atoms with E-state index >= 15 is 0 Å². The minimum atomic E-state index is -1.23. The molecule has 0 aliphatic carbocycles. The molecule has 2 heterocycles. The van der Waals surface area contributed by atoms with E-state index in [0.29, 0.717) is 18.7 Å². The molecule has 10 heteroatoms. The predicted molar refractivity (Wildman–Crippen MR) is 55.3 cm³/mol. The van der Waals surface area contributed by atoms with Gasteiger partial charge in [0.25, 0.3) is 11.8 Å². The summed E-state index contributed by atoms with van der Waals surface area (Å²) < 4.78 is 0. The SMILES string of the molecule is NN(CCCc1nn[nH]n1)C1C(=O)NC(=O)C1=O. The lowest BCUT2D eigenvalue weighted by molar-refractivity contribution is -0.137. The molecule has 1 aromatic rings. The van der Waals surface area contributed by atoms with Gasteiger partial charge in [-0.05, 0) is 6.42 Å². The zero-order valence-electron chi connectivity index (χ0n) is 9.29. The lowest BCUT2D eigenvalue weighted by atomic mass is 10.2. The number of Topliss-reactive ketones (excluding diaryl/α,β-unsaturated/α-hetero) is 1. The van der Waals surface area contributed by atoms with Crippen LogP contribution in [-0.4, -0.2) is 55.8 Å². The number of aryl methyl sites for hydroxylation is 1. The third kappa shape index (κ3) is 2.38. The number of imide groups is 1. The number of H-pyrrole nitrogens is 1. The second kappa shape index (κ2) is 4.98. The molecule has 10 nitrogen and oxygen atoms in total. The molecule has 0 spiro atoms. The van der Waals surface area contributed by atoms with Gasteiger partial charge in [-0.1, -0.05) is 5.21 Å². The fourth-order valence-corrected chi connectivity index (χ4v) is 1.62. The molecule has 1 unspecified atom stereocenters. The van der Waals surface area contributed by atoms with Crippen LogP contribution in [0.1, 0.15) is 12.2 Å². The van der Waals surface area contributed by atoms with Crippen LogP contribution in [0.5, 0.6) is 0 Å². The lowest BCUT2D eigenvalue weighted by Gasteiger charge is -2.18. The summed E-state index contributed by atoms with van der Waals surface area (Å²) in [7, 11) is 0. The van der Waals surface area contributed by atoms with E-state index < -0.39 is 23.6 Å². The Morgan fingerprint density at radius 3 is 2.67 bits per heavy atom. The Balaban J connectivity index is 1.84. The van der Waals surface area contributed by atoms with Crippen molar-refractivity contribution < 1.29 is 14.4 Å². The summed E-state index contributed by atoms with van der Waals surface area (Å²) in [5.74, 6) is 3.67. The molecule has 4 N–H and O–H groups in total. The number of aromatic nitrogens is 4. The number of carbonyl (C=O) groups is 3. The van der Waals surface area contributed by atoms with Crippen molar-refractivity contribution in [2.24, 2.45) is 5.84 Å². The van der Waals surface area contributed by atoms with Crippen LogP contribution in [0, 0.1) is 0 Å². The molecular formula is C8H11N7O3. The average molecular weight is 253 g/mol. The fourth-order valence-electron chi connectivity index (χ4n) is 1.62. The highest BCUT2D eigenvalue weighted by molar-refractivity contribution is 6.49. The maximum Gasteiger partial charge on any atom is 0.296 e. The summed E-state index contributed by atoms with van der Waals surface area (Å²) in [6, 6.07) is -1.23.